The van der Waals surface area contributed by atoms with Gasteiger partial charge in [-0.05, 0) is 86.9 Å². The van der Waals surface area contributed by atoms with E-state index in [4.69, 9.17) is 0 Å². The standard InChI is InChI=1S/C34H31F3N6O3S/c1-16-6-7-26(34(35,36)37)40-30(16)41-31(46)25-11-33(5)12-27(33)43(25)28(45)15-42-14-23(18(3)44)22-9-20(8-17(2)29(22)42)21-10-24-32(38-13-21)47-19(4)39-24/h6-10,13-14,25,27H,11-12,15H2,1-5H3,(H,40,41,46)/t25-,27+,33-/m0/s1. The van der Waals surface area contributed by atoms with Crippen LogP contribution in [0.4, 0.5) is 19.0 Å². The number of aromatic nitrogens is 4. The van der Waals surface area contributed by atoms with Crippen molar-refractivity contribution in [2.24, 2.45) is 5.41 Å². The number of ketones is 1. The predicted molar refractivity (Wildman–Crippen MR) is 172 cm³/mol. The van der Waals surface area contributed by atoms with E-state index in [0.29, 0.717) is 22.9 Å². The smallest absolute Gasteiger partial charge is 0.337 e. The maximum atomic E-state index is 14.0. The lowest BCUT2D eigenvalue weighted by molar-refractivity contribution is -0.141. The molecule has 1 saturated heterocycles. The molecule has 0 radical (unpaired) electrons. The summed E-state index contributed by atoms with van der Waals surface area (Å²) in [5.74, 6) is -1.23. The van der Waals surface area contributed by atoms with Crippen LogP contribution in [0.3, 0.4) is 0 Å². The summed E-state index contributed by atoms with van der Waals surface area (Å²) >= 11 is 1.52. The van der Waals surface area contributed by atoms with Crippen LogP contribution >= 0.6 is 11.3 Å². The number of hydrogen-bond acceptors (Lipinski definition) is 7. The molecule has 1 aliphatic carbocycles. The van der Waals surface area contributed by atoms with Gasteiger partial charge in [-0.2, -0.15) is 13.2 Å². The molecule has 7 rings (SSSR count). The van der Waals surface area contributed by atoms with Gasteiger partial charge in [0.05, 0.1) is 10.5 Å². The molecule has 0 bridgehead atoms. The van der Waals surface area contributed by atoms with Crippen molar-refractivity contribution in [3.8, 4) is 11.1 Å². The Morgan fingerprint density at radius 3 is 2.53 bits per heavy atom. The SMILES string of the molecule is CC(=O)c1cn(CC(=O)N2[C@H](C(=O)Nc3nc(C(F)(F)F)ccc3C)C[C@@]3(C)C[C@@H]23)c2c(C)cc(-c3cnc4sc(C)nc4c3)cc12. The normalized spacial score (nSPS) is 20.6. The molecule has 2 fully saturated rings. The number of alkyl halides is 3. The number of carbonyl (C=O) groups is 3. The summed E-state index contributed by atoms with van der Waals surface area (Å²) in [6.07, 6.45) is -0.0821. The van der Waals surface area contributed by atoms with Gasteiger partial charge in [-0.25, -0.2) is 15.0 Å². The fourth-order valence-electron chi connectivity index (χ4n) is 6.92. The first-order valence-electron chi connectivity index (χ1n) is 15.2. The van der Waals surface area contributed by atoms with E-state index in [1.165, 1.54) is 24.3 Å². The van der Waals surface area contributed by atoms with Crippen LogP contribution in [-0.2, 0) is 22.3 Å². The van der Waals surface area contributed by atoms with Gasteiger partial charge in [0.2, 0.25) is 11.8 Å². The average Bonchev–Trinajstić information content (AvgIpc) is 3.26. The number of aryl methyl sites for hydroxylation is 3. The van der Waals surface area contributed by atoms with Crippen molar-refractivity contribution in [2.45, 2.75) is 72.3 Å². The Morgan fingerprint density at radius 2 is 1.81 bits per heavy atom. The third kappa shape index (κ3) is 5.35. The number of likely N-dealkylation sites (tertiary alicyclic amines) is 1. The number of benzene rings is 1. The van der Waals surface area contributed by atoms with E-state index in [9.17, 15) is 27.6 Å². The van der Waals surface area contributed by atoms with E-state index in [0.717, 1.165) is 50.0 Å². The number of hydrogen-bond donors (Lipinski definition) is 1. The number of piperidine rings is 1. The first-order valence-corrected chi connectivity index (χ1v) is 16.0. The lowest BCUT2D eigenvalue weighted by atomic mass is 9.99. The monoisotopic (exact) mass is 660 g/mol. The molecule has 47 heavy (non-hydrogen) atoms. The van der Waals surface area contributed by atoms with E-state index in [1.54, 1.807) is 28.8 Å². The Morgan fingerprint density at radius 1 is 1.04 bits per heavy atom. The molecule has 0 spiro atoms. The van der Waals surface area contributed by atoms with E-state index in [1.807, 2.05) is 39.0 Å². The zero-order valence-corrected chi connectivity index (χ0v) is 27.1. The Bertz CT molecular complexity index is 2150. The number of thiazole rings is 1. The van der Waals surface area contributed by atoms with Crippen molar-refractivity contribution >= 4 is 56.0 Å². The second kappa shape index (κ2) is 10.7. The van der Waals surface area contributed by atoms with Crippen LogP contribution in [0.2, 0.25) is 0 Å². The highest BCUT2D eigenvalue weighted by atomic mass is 32.1. The summed E-state index contributed by atoms with van der Waals surface area (Å²) in [6.45, 7) is 8.78. The van der Waals surface area contributed by atoms with Crippen LogP contribution in [-0.4, -0.2) is 54.1 Å². The number of amides is 2. The minimum absolute atomic E-state index is 0.118. The third-order valence-electron chi connectivity index (χ3n) is 9.39. The van der Waals surface area contributed by atoms with Gasteiger partial charge in [-0.1, -0.05) is 24.3 Å². The van der Waals surface area contributed by atoms with Gasteiger partial charge in [-0.15, -0.1) is 0 Å². The van der Waals surface area contributed by atoms with Crippen molar-refractivity contribution in [2.75, 3.05) is 5.32 Å². The maximum Gasteiger partial charge on any atom is 0.433 e. The number of rotatable bonds is 6. The van der Waals surface area contributed by atoms with Gasteiger partial charge in [0.1, 0.15) is 34.4 Å². The fourth-order valence-corrected chi connectivity index (χ4v) is 7.66. The lowest BCUT2D eigenvalue weighted by Crippen LogP contribution is -2.46. The number of carbonyl (C=O) groups excluding carboxylic acids is 3. The molecule has 9 nitrogen and oxygen atoms in total. The zero-order valence-electron chi connectivity index (χ0n) is 26.3. The molecule has 242 valence electrons. The summed E-state index contributed by atoms with van der Waals surface area (Å²) < 4.78 is 41.7. The molecule has 1 aliphatic heterocycles. The first kappa shape index (κ1) is 31.0. The molecule has 2 amide bonds. The van der Waals surface area contributed by atoms with Crippen molar-refractivity contribution in [1.29, 1.82) is 0 Å². The van der Waals surface area contributed by atoms with Crippen LogP contribution in [0.5, 0.6) is 0 Å². The van der Waals surface area contributed by atoms with Crippen molar-refractivity contribution in [1.82, 2.24) is 24.4 Å². The van der Waals surface area contributed by atoms with E-state index < -0.39 is 23.8 Å². The van der Waals surface area contributed by atoms with Crippen LogP contribution in [0.25, 0.3) is 32.4 Å². The summed E-state index contributed by atoms with van der Waals surface area (Å²) in [5, 5.41) is 4.18. The number of nitrogens with one attached hydrogen (secondary N) is 1. The van der Waals surface area contributed by atoms with E-state index in [-0.39, 0.29) is 35.5 Å². The van der Waals surface area contributed by atoms with Crippen LogP contribution < -0.4 is 5.32 Å². The number of fused-ring (bicyclic) bond motifs is 3. The second-order valence-corrected chi connectivity index (χ2v) is 14.1. The number of pyridine rings is 2. The summed E-state index contributed by atoms with van der Waals surface area (Å²) in [5.41, 5.74) is 3.58. The quantitative estimate of drug-likeness (QED) is 0.199. The molecule has 5 heterocycles. The van der Waals surface area contributed by atoms with Gasteiger partial charge >= 0.3 is 6.18 Å². The minimum atomic E-state index is -4.67. The number of nitrogens with zero attached hydrogens (tertiary/aromatic N) is 5. The summed E-state index contributed by atoms with van der Waals surface area (Å²) in [4.78, 5) is 55.6. The molecule has 4 aromatic heterocycles. The van der Waals surface area contributed by atoms with E-state index >= 15 is 0 Å². The molecular weight excluding hydrogens is 629 g/mol. The van der Waals surface area contributed by atoms with Gasteiger partial charge in [-0.3, -0.25) is 14.4 Å². The van der Waals surface area contributed by atoms with Crippen LogP contribution in [0, 0.1) is 26.2 Å². The third-order valence-corrected chi connectivity index (χ3v) is 10.3. The van der Waals surface area contributed by atoms with Crippen LogP contribution in [0.1, 0.15) is 58.9 Å². The van der Waals surface area contributed by atoms with Gasteiger partial charge in [0.15, 0.2) is 5.78 Å². The van der Waals surface area contributed by atoms with Crippen molar-refractivity contribution < 1.29 is 27.6 Å². The molecule has 5 aromatic rings. The molecule has 1 N–H and O–H groups in total. The lowest BCUT2D eigenvalue weighted by Gasteiger charge is -2.27. The van der Waals surface area contributed by atoms with Gasteiger partial charge in [0, 0.05) is 34.9 Å². The van der Waals surface area contributed by atoms with Crippen molar-refractivity contribution in [3.63, 3.8) is 0 Å². The Balaban J connectivity index is 1.19. The van der Waals surface area contributed by atoms with Crippen molar-refractivity contribution in [3.05, 3.63) is 70.1 Å². The average molecular weight is 661 g/mol. The number of Topliss-reactive ketones (excluding diaryl/α,β-unsaturated/α-hetero) is 1. The second-order valence-electron chi connectivity index (χ2n) is 12.9. The molecule has 3 atom stereocenters. The van der Waals surface area contributed by atoms with Gasteiger partial charge < -0.3 is 14.8 Å². The molecule has 0 unspecified atom stereocenters. The van der Waals surface area contributed by atoms with E-state index in [2.05, 4.69) is 20.3 Å². The first-order chi connectivity index (χ1) is 22.1. The Hall–Kier alpha value is -4.65. The minimum Gasteiger partial charge on any atom is -0.337 e. The number of halogens is 3. The Labute approximate surface area is 271 Å². The highest BCUT2D eigenvalue weighted by Gasteiger charge is 2.64. The van der Waals surface area contributed by atoms with Crippen LogP contribution in [0.15, 0.2) is 42.7 Å². The topological polar surface area (TPSA) is 110 Å². The molecule has 13 heteroatoms. The number of anilines is 1. The molecule has 1 aromatic carbocycles. The molecule has 1 saturated carbocycles. The van der Waals surface area contributed by atoms with Gasteiger partial charge in [0.25, 0.3) is 0 Å². The summed E-state index contributed by atoms with van der Waals surface area (Å²) in [7, 11) is 0. The summed E-state index contributed by atoms with van der Waals surface area (Å²) in [6, 6.07) is 6.97. The Kier molecular flexibility index (Phi) is 7.05. The zero-order chi connectivity index (χ0) is 33.6. The largest absolute Gasteiger partial charge is 0.433 e. The molecular formula is C34H31F3N6O3S. The fraction of sp³-hybridized carbons (Fsp3) is 0.353. The highest BCUT2D eigenvalue weighted by Crippen LogP contribution is 2.59. The molecule has 2 aliphatic rings. The maximum absolute atomic E-state index is 14.0. The highest BCUT2D eigenvalue weighted by molar-refractivity contribution is 7.18. The predicted octanol–water partition coefficient (Wildman–Crippen LogP) is 6.87.